The molecule has 1 aromatic heterocycles. The summed E-state index contributed by atoms with van der Waals surface area (Å²) in [7, 11) is 0. The Kier molecular flexibility index (Phi) is 4.13. The van der Waals surface area contributed by atoms with Gasteiger partial charge in [0.15, 0.2) is 0 Å². The van der Waals surface area contributed by atoms with E-state index in [4.69, 9.17) is 17.3 Å². The first kappa shape index (κ1) is 14.6. The molecule has 20 heavy (non-hydrogen) atoms. The number of nitrogens with one attached hydrogen (secondary N) is 1. The van der Waals surface area contributed by atoms with Crippen LogP contribution in [0.4, 0.5) is 10.3 Å². The quantitative estimate of drug-likeness (QED) is 0.910. The molecule has 0 aliphatic carbocycles. The largest absolute Gasteiger partial charge is 0.369 e. The minimum absolute atomic E-state index is 0.00489. The number of amides is 1. The maximum Gasteiger partial charge on any atom is 0.221 e. The molecule has 0 bridgehead atoms. The Hall–Kier alpha value is -1.82. The minimum Gasteiger partial charge on any atom is -0.369 e. The Morgan fingerprint density at radius 2 is 2.25 bits per heavy atom. The number of carbonyl (C=O) groups is 1. The average molecular weight is 299 g/mol. The second kappa shape index (κ2) is 5.66. The fourth-order valence-corrected chi connectivity index (χ4v) is 2.14. The molecule has 0 unspecified atom stereocenters. The zero-order valence-electron chi connectivity index (χ0n) is 11.3. The molecule has 3 N–H and O–H groups in total. The molecule has 0 fully saturated rings. The second-order valence-corrected chi connectivity index (χ2v) is 5.26. The number of halogens is 2. The third-order valence-corrected chi connectivity index (χ3v) is 3.12. The molecule has 0 saturated carbocycles. The van der Waals surface area contributed by atoms with Crippen molar-refractivity contribution in [3.63, 3.8) is 0 Å². The first-order valence-electron chi connectivity index (χ1n) is 6.28. The van der Waals surface area contributed by atoms with Gasteiger partial charge in [-0.05, 0) is 19.9 Å². The van der Waals surface area contributed by atoms with Crippen LogP contribution in [0.5, 0.6) is 0 Å². The molecule has 0 aliphatic rings. The van der Waals surface area contributed by atoms with Gasteiger partial charge in [-0.3, -0.25) is 4.79 Å². The number of fused-ring (bicyclic) bond motifs is 1. The highest BCUT2D eigenvalue weighted by molar-refractivity contribution is 6.31. The Morgan fingerprint density at radius 3 is 2.90 bits per heavy atom. The monoisotopic (exact) mass is 298 g/mol. The van der Waals surface area contributed by atoms with E-state index >= 15 is 0 Å². The summed E-state index contributed by atoms with van der Waals surface area (Å²) in [6.45, 7) is 4.14. The smallest absolute Gasteiger partial charge is 0.221 e. The lowest BCUT2D eigenvalue weighted by atomic mass is 10.3. The van der Waals surface area contributed by atoms with Gasteiger partial charge < -0.3 is 15.6 Å². The van der Waals surface area contributed by atoms with Gasteiger partial charge in [0, 0.05) is 25.1 Å². The third kappa shape index (κ3) is 3.01. The van der Waals surface area contributed by atoms with Gasteiger partial charge in [0.1, 0.15) is 5.82 Å². The van der Waals surface area contributed by atoms with Crippen LogP contribution < -0.4 is 11.1 Å². The van der Waals surface area contributed by atoms with Crippen LogP contribution in [0.15, 0.2) is 12.1 Å². The number of rotatable bonds is 4. The molecule has 0 atom stereocenters. The van der Waals surface area contributed by atoms with E-state index < -0.39 is 5.82 Å². The molecule has 1 amide bonds. The van der Waals surface area contributed by atoms with E-state index in [0.29, 0.717) is 17.6 Å². The van der Waals surface area contributed by atoms with Crippen molar-refractivity contribution in [2.24, 2.45) is 0 Å². The van der Waals surface area contributed by atoms with Crippen LogP contribution in [-0.2, 0) is 11.3 Å². The molecule has 5 nitrogen and oxygen atoms in total. The molecule has 0 saturated heterocycles. The number of nitrogens with zero attached hydrogens (tertiary/aromatic N) is 2. The van der Waals surface area contributed by atoms with E-state index in [9.17, 15) is 9.18 Å². The number of hydrogen-bond acceptors (Lipinski definition) is 3. The van der Waals surface area contributed by atoms with Gasteiger partial charge >= 0.3 is 0 Å². The van der Waals surface area contributed by atoms with Gasteiger partial charge in [-0.15, -0.1) is 0 Å². The minimum atomic E-state index is -0.540. The van der Waals surface area contributed by atoms with Crippen molar-refractivity contribution in [3.05, 3.63) is 23.0 Å². The molecule has 2 aromatic rings. The summed E-state index contributed by atoms with van der Waals surface area (Å²) < 4.78 is 15.0. The van der Waals surface area contributed by atoms with Crippen LogP contribution >= 0.6 is 11.6 Å². The lowest BCUT2D eigenvalue weighted by Crippen LogP contribution is -2.30. The van der Waals surface area contributed by atoms with E-state index in [1.54, 1.807) is 4.57 Å². The maximum absolute atomic E-state index is 13.4. The molecular formula is C13H16ClFN4O. The van der Waals surface area contributed by atoms with Crippen molar-refractivity contribution in [2.75, 3.05) is 5.73 Å². The Bertz CT molecular complexity index is 653. The van der Waals surface area contributed by atoms with Crippen LogP contribution in [0.2, 0.25) is 5.02 Å². The zero-order valence-corrected chi connectivity index (χ0v) is 12.0. The number of imidazole rings is 1. The number of nitrogens with two attached hydrogens (primary N) is 1. The Labute approximate surface area is 120 Å². The summed E-state index contributed by atoms with van der Waals surface area (Å²) in [4.78, 5) is 15.7. The van der Waals surface area contributed by atoms with Gasteiger partial charge in [0.25, 0.3) is 0 Å². The molecule has 1 heterocycles. The number of nitrogen functional groups attached to an aromatic ring is 1. The van der Waals surface area contributed by atoms with Crippen molar-refractivity contribution in [1.29, 1.82) is 0 Å². The summed E-state index contributed by atoms with van der Waals surface area (Å²) in [6.07, 6.45) is 0.267. The average Bonchev–Trinajstić information content (AvgIpc) is 2.62. The van der Waals surface area contributed by atoms with Gasteiger partial charge in [-0.1, -0.05) is 11.6 Å². The highest BCUT2D eigenvalue weighted by Crippen LogP contribution is 2.24. The van der Waals surface area contributed by atoms with Crippen molar-refractivity contribution < 1.29 is 9.18 Å². The number of carbonyl (C=O) groups excluding carboxylic acids is 1. The number of benzene rings is 1. The van der Waals surface area contributed by atoms with Gasteiger partial charge in [0.05, 0.1) is 16.1 Å². The molecule has 1 aromatic carbocycles. The molecule has 0 spiro atoms. The first-order chi connectivity index (χ1) is 9.38. The molecule has 7 heteroatoms. The molecule has 0 radical (unpaired) electrons. The van der Waals surface area contributed by atoms with Gasteiger partial charge in [-0.2, -0.15) is 0 Å². The Balaban J connectivity index is 2.23. The van der Waals surface area contributed by atoms with Crippen LogP contribution in [0.25, 0.3) is 11.0 Å². The molecule has 108 valence electrons. The molecule has 0 aliphatic heterocycles. The van der Waals surface area contributed by atoms with Crippen LogP contribution in [-0.4, -0.2) is 21.5 Å². The predicted molar refractivity (Wildman–Crippen MR) is 77.0 cm³/mol. The highest BCUT2D eigenvalue weighted by atomic mass is 35.5. The van der Waals surface area contributed by atoms with E-state index in [2.05, 4.69) is 10.3 Å². The Morgan fingerprint density at radius 1 is 1.55 bits per heavy atom. The summed E-state index contributed by atoms with van der Waals surface area (Å²) in [5.74, 6) is -0.380. The number of hydrogen-bond donors (Lipinski definition) is 2. The van der Waals surface area contributed by atoms with E-state index in [1.165, 1.54) is 12.1 Å². The topological polar surface area (TPSA) is 72.9 Å². The van der Waals surface area contributed by atoms with Crippen LogP contribution in [0.3, 0.4) is 0 Å². The summed E-state index contributed by atoms with van der Waals surface area (Å²) in [5.41, 5.74) is 6.84. The summed E-state index contributed by atoms with van der Waals surface area (Å²) >= 11 is 5.76. The summed E-state index contributed by atoms with van der Waals surface area (Å²) in [6, 6.07) is 2.79. The number of aryl methyl sites for hydroxylation is 1. The number of anilines is 1. The number of aromatic nitrogens is 2. The van der Waals surface area contributed by atoms with Crippen LogP contribution in [0.1, 0.15) is 20.3 Å². The fourth-order valence-electron chi connectivity index (χ4n) is 1.98. The lowest BCUT2D eigenvalue weighted by molar-refractivity contribution is -0.121. The van der Waals surface area contributed by atoms with E-state index in [0.717, 1.165) is 0 Å². The van der Waals surface area contributed by atoms with Crippen molar-refractivity contribution in [1.82, 2.24) is 14.9 Å². The van der Waals surface area contributed by atoms with Gasteiger partial charge in [-0.25, -0.2) is 9.37 Å². The standard InChI is InChI=1S/C13H16ClFN4O/c1-7(2)17-12(20)3-4-19-11-5-8(14)9(15)6-10(11)18-13(19)16/h5-7H,3-4H2,1-2H3,(H2,16,18)(H,17,20). The lowest BCUT2D eigenvalue weighted by Gasteiger charge is -2.10. The maximum atomic E-state index is 13.4. The third-order valence-electron chi connectivity index (χ3n) is 2.83. The normalized spacial score (nSPS) is 11.2. The van der Waals surface area contributed by atoms with Crippen molar-refractivity contribution >= 4 is 34.5 Å². The summed E-state index contributed by atoms with van der Waals surface area (Å²) in [5, 5.41) is 2.80. The second-order valence-electron chi connectivity index (χ2n) is 4.85. The van der Waals surface area contributed by atoms with E-state index in [-0.39, 0.29) is 29.3 Å². The SMILES string of the molecule is CC(C)NC(=O)CCn1c(N)nc2cc(F)c(Cl)cc21. The zero-order chi connectivity index (χ0) is 14.9. The van der Waals surface area contributed by atoms with Crippen LogP contribution in [0, 0.1) is 5.82 Å². The predicted octanol–water partition coefficient (Wildman–Crippen LogP) is 2.33. The fraction of sp³-hybridized carbons (Fsp3) is 0.385. The highest BCUT2D eigenvalue weighted by Gasteiger charge is 2.13. The molecular weight excluding hydrogens is 283 g/mol. The van der Waals surface area contributed by atoms with Crippen molar-refractivity contribution in [3.8, 4) is 0 Å². The van der Waals surface area contributed by atoms with E-state index in [1.807, 2.05) is 13.8 Å². The van der Waals surface area contributed by atoms with Crippen molar-refractivity contribution in [2.45, 2.75) is 32.9 Å². The van der Waals surface area contributed by atoms with Gasteiger partial charge in [0.2, 0.25) is 11.9 Å². The molecule has 2 rings (SSSR count). The first-order valence-corrected chi connectivity index (χ1v) is 6.66.